The van der Waals surface area contributed by atoms with E-state index in [-0.39, 0.29) is 28.8 Å². The summed E-state index contributed by atoms with van der Waals surface area (Å²) in [4.78, 5) is 21.1. The maximum absolute atomic E-state index is 13.8. The number of fused-ring (bicyclic) bond motifs is 1. The van der Waals surface area contributed by atoms with Gasteiger partial charge in [-0.25, -0.2) is 0 Å². The molecule has 4 aliphatic rings. The molecule has 2 saturated heterocycles. The number of allylic oxidation sites excluding steroid dienone is 2. The van der Waals surface area contributed by atoms with Crippen LogP contribution < -0.4 is 27.4 Å². The minimum atomic E-state index is -0.808. The fourth-order valence-electron chi connectivity index (χ4n) is 7.03. The summed E-state index contributed by atoms with van der Waals surface area (Å²) in [6.45, 7) is 10.1. The summed E-state index contributed by atoms with van der Waals surface area (Å²) < 4.78 is 0. The second kappa shape index (κ2) is 11.1. The van der Waals surface area contributed by atoms with E-state index in [4.69, 9.17) is 16.5 Å². The van der Waals surface area contributed by atoms with E-state index in [0.717, 1.165) is 76.9 Å². The van der Waals surface area contributed by atoms with E-state index in [1.54, 1.807) is 6.21 Å². The third-order valence-electron chi connectivity index (χ3n) is 9.20. The molecule has 0 aromatic rings. The van der Waals surface area contributed by atoms with Crippen LogP contribution in [0.4, 0.5) is 0 Å². The number of hydrogen-bond acceptors (Lipinski definition) is 8. The van der Waals surface area contributed by atoms with Crippen molar-refractivity contribution in [2.45, 2.75) is 76.7 Å². The molecule has 3 heterocycles. The summed E-state index contributed by atoms with van der Waals surface area (Å²) in [6, 6.07) is 2.29. The highest BCUT2D eigenvalue weighted by Crippen LogP contribution is 2.72. The number of nitrogens with zero attached hydrogens (tertiary/aromatic N) is 3. The fraction of sp³-hybridized carbons (Fsp3) is 0.808. The van der Waals surface area contributed by atoms with Gasteiger partial charge in [0.05, 0.1) is 36.7 Å². The highest BCUT2D eigenvalue weighted by atomic mass is 16.2. The molecule has 0 bridgehead atoms. The minimum absolute atomic E-state index is 0.0120. The lowest BCUT2D eigenvalue weighted by molar-refractivity contribution is -0.128. The van der Waals surface area contributed by atoms with Crippen LogP contribution in [0.5, 0.6) is 0 Å². The normalized spacial score (nSPS) is 38.7. The SMILES string of the molecule is CCC12/C=C(CC#N)\C=N/C(C(C(=O)NC3CNCCC3N3CCNCC3)C(N)N)CC1(CC)C2. The lowest BCUT2D eigenvalue weighted by atomic mass is 9.77. The Hall–Kier alpha value is -1.83. The van der Waals surface area contributed by atoms with Gasteiger partial charge in [-0.1, -0.05) is 19.9 Å². The molecule has 0 aromatic carbocycles. The van der Waals surface area contributed by atoms with Crippen LogP contribution >= 0.6 is 0 Å². The number of rotatable bonds is 8. The highest BCUT2D eigenvalue weighted by Gasteiger charge is 2.64. The number of piperidine rings is 1. The Kier molecular flexibility index (Phi) is 8.29. The summed E-state index contributed by atoms with van der Waals surface area (Å²) in [5, 5.41) is 19.6. The number of nitrogens with two attached hydrogens (primary N) is 2. The van der Waals surface area contributed by atoms with Crippen LogP contribution in [-0.2, 0) is 4.79 Å². The van der Waals surface area contributed by atoms with Crippen molar-refractivity contribution >= 4 is 12.1 Å². The second-order valence-electron chi connectivity index (χ2n) is 11.0. The van der Waals surface area contributed by atoms with Gasteiger partial charge in [-0.05, 0) is 55.1 Å². The van der Waals surface area contributed by atoms with Gasteiger partial charge in [0, 0.05) is 45.0 Å². The smallest absolute Gasteiger partial charge is 0.228 e. The van der Waals surface area contributed by atoms with E-state index in [2.05, 4.69) is 46.8 Å². The number of amides is 1. The number of nitrogens with one attached hydrogen (secondary N) is 3. The topological polar surface area (TPSA) is 145 Å². The zero-order valence-corrected chi connectivity index (χ0v) is 21.4. The van der Waals surface area contributed by atoms with Crippen LogP contribution in [0.15, 0.2) is 16.6 Å². The van der Waals surface area contributed by atoms with E-state index in [0.29, 0.717) is 12.5 Å². The number of nitriles is 1. The van der Waals surface area contributed by atoms with Crippen molar-refractivity contribution in [1.29, 1.82) is 5.26 Å². The van der Waals surface area contributed by atoms with Gasteiger partial charge in [0.15, 0.2) is 0 Å². The van der Waals surface area contributed by atoms with E-state index >= 15 is 0 Å². The zero-order valence-electron chi connectivity index (χ0n) is 21.4. The molecule has 6 unspecified atom stereocenters. The number of aliphatic imine (C=N–C) groups is 1. The van der Waals surface area contributed by atoms with Gasteiger partial charge in [0.2, 0.25) is 5.91 Å². The average molecular weight is 485 g/mol. The summed E-state index contributed by atoms with van der Waals surface area (Å²) in [5.74, 6) is -0.715. The fourth-order valence-corrected chi connectivity index (χ4v) is 7.03. The lowest BCUT2D eigenvalue weighted by Crippen LogP contribution is -2.64. The maximum atomic E-state index is 13.8. The van der Waals surface area contributed by atoms with Crippen molar-refractivity contribution in [2.75, 3.05) is 39.3 Å². The summed E-state index contributed by atoms with van der Waals surface area (Å²) in [7, 11) is 0. The largest absolute Gasteiger partial charge is 0.350 e. The van der Waals surface area contributed by atoms with Gasteiger partial charge in [0.25, 0.3) is 0 Å². The van der Waals surface area contributed by atoms with Crippen LogP contribution in [0.25, 0.3) is 0 Å². The van der Waals surface area contributed by atoms with Crippen molar-refractivity contribution in [3.05, 3.63) is 11.6 Å². The Balaban J connectivity index is 1.55. The monoisotopic (exact) mass is 484 g/mol. The first-order valence-electron chi connectivity index (χ1n) is 13.5. The zero-order chi connectivity index (χ0) is 25.1. The van der Waals surface area contributed by atoms with E-state index < -0.39 is 12.1 Å². The van der Waals surface area contributed by atoms with Gasteiger partial charge >= 0.3 is 0 Å². The Bertz CT molecular complexity index is 860. The van der Waals surface area contributed by atoms with Crippen LogP contribution in [0, 0.1) is 28.1 Å². The molecular weight excluding hydrogens is 440 g/mol. The molecule has 1 saturated carbocycles. The van der Waals surface area contributed by atoms with Gasteiger partial charge < -0.3 is 27.4 Å². The predicted octanol–water partition coefficient (Wildman–Crippen LogP) is 0.478. The molecule has 9 nitrogen and oxygen atoms in total. The third-order valence-corrected chi connectivity index (χ3v) is 9.20. The number of carbonyl (C=O) groups is 1. The second-order valence-corrected chi connectivity index (χ2v) is 11.0. The quantitative estimate of drug-likeness (QED) is 0.315. The molecule has 0 aromatic heterocycles. The van der Waals surface area contributed by atoms with Crippen LogP contribution in [-0.4, -0.2) is 80.6 Å². The van der Waals surface area contributed by atoms with Gasteiger partial charge in [-0.3, -0.25) is 14.7 Å². The van der Waals surface area contributed by atoms with Gasteiger partial charge in [-0.2, -0.15) is 5.26 Å². The molecule has 4 rings (SSSR count). The first kappa shape index (κ1) is 26.2. The predicted molar refractivity (Wildman–Crippen MR) is 139 cm³/mol. The summed E-state index contributed by atoms with van der Waals surface area (Å²) in [6.07, 6.45) is 8.48. The highest BCUT2D eigenvalue weighted by molar-refractivity contribution is 5.83. The molecule has 0 radical (unpaired) electrons. The molecule has 1 aliphatic carbocycles. The van der Waals surface area contributed by atoms with Gasteiger partial charge in [0.1, 0.15) is 0 Å². The maximum Gasteiger partial charge on any atom is 0.228 e. The molecule has 0 spiro atoms. The molecule has 1 amide bonds. The molecule has 3 fully saturated rings. The van der Waals surface area contributed by atoms with Crippen molar-refractivity contribution < 1.29 is 4.79 Å². The Morgan fingerprint density at radius 3 is 2.71 bits per heavy atom. The van der Waals surface area contributed by atoms with Crippen LogP contribution in [0.1, 0.15) is 52.4 Å². The number of piperazine rings is 1. The molecule has 3 aliphatic heterocycles. The Morgan fingerprint density at radius 1 is 1.29 bits per heavy atom. The number of carbonyl (C=O) groups excluding carboxylic acids is 1. The Morgan fingerprint density at radius 2 is 2.06 bits per heavy atom. The average Bonchev–Trinajstić information content (AvgIpc) is 3.47. The molecule has 7 N–H and O–H groups in total. The van der Waals surface area contributed by atoms with E-state index in [1.807, 2.05) is 0 Å². The van der Waals surface area contributed by atoms with Crippen LogP contribution in [0.2, 0.25) is 0 Å². The van der Waals surface area contributed by atoms with Crippen molar-refractivity contribution in [1.82, 2.24) is 20.9 Å². The first-order valence-corrected chi connectivity index (χ1v) is 13.5. The van der Waals surface area contributed by atoms with E-state index in [9.17, 15) is 10.1 Å². The standard InChI is InChI=1S/C26H44N8O/c1-3-25-13-18(5-7-27)15-32-19(14-26(25,4-2)17-25)22(23(28)29)24(35)33-20-16-31-8-6-21(20)34-11-9-30-10-12-34/h13,15,19-23,30-31H,3-6,8-12,14,16-17,28-29H2,1-2H3,(H,33,35)/b18-13-,32-15-. The lowest BCUT2D eigenvalue weighted by Gasteiger charge is -2.43. The molecule has 9 heteroatoms. The first-order chi connectivity index (χ1) is 16.9. The van der Waals surface area contributed by atoms with Crippen molar-refractivity contribution in [3.63, 3.8) is 0 Å². The van der Waals surface area contributed by atoms with E-state index in [1.165, 1.54) is 0 Å². The van der Waals surface area contributed by atoms with Gasteiger partial charge in [-0.15, -0.1) is 0 Å². The van der Waals surface area contributed by atoms with Crippen molar-refractivity contribution in [3.8, 4) is 6.07 Å². The summed E-state index contributed by atoms with van der Waals surface area (Å²) >= 11 is 0. The summed E-state index contributed by atoms with van der Waals surface area (Å²) in [5.41, 5.74) is 13.7. The van der Waals surface area contributed by atoms with Crippen molar-refractivity contribution in [2.24, 2.45) is 33.2 Å². The minimum Gasteiger partial charge on any atom is -0.350 e. The third kappa shape index (κ3) is 5.32. The van der Waals surface area contributed by atoms with Crippen LogP contribution in [0.3, 0.4) is 0 Å². The Labute approximate surface area is 210 Å². The number of hydrogen-bond donors (Lipinski definition) is 5. The molecular formula is C26H44N8O. The molecule has 194 valence electrons. The molecule has 35 heavy (non-hydrogen) atoms. The molecule has 6 atom stereocenters.